The molecule has 1 aromatic heterocycles. The van der Waals surface area contributed by atoms with Crippen molar-refractivity contribution < 1.29 is 4.42 Å². The van der Waals surface area contributed by atoms with Crippen LogP contribution in [0.3, 0.4) is 0 Å². The summed E-state index contributed by atoms with van der Waals surface area (Å²) in [5.41, 5.74) is 6.90. The summed E-state index contributed by atoms with van der Waals surface area (Å²) >= 11 is 5.85. The van der Waals surface area contributed by atoms with Gasteiger partial charge in [0.25, 0.3) is 0 Å². The molecule has 0 saturated carbocycles. The lowest BCUT2D eigenvalue weighted by Crippen LogP contribution is -1.83. The molecule has 3 heteroatoms. The van der Waals surface area contributed by atoms with Gasteiger partial charge < -0.3 is 10.2 Å². The van der Waals surface area contributed by atoms with Crippen LogP contribution < -0.4 is 5.73 Å². The highest BCUT2D eigenvalue weighted by Gasteiger charge is 2.03. The second kappa shape index (κ2) is 2.17. The van der Waals surface area contributed by atoms with E-state index in [1.807, 2.05) is 0 Å². The Labute approximate surface area is 68.6 Å². The normalized spacial score (nSPS) is 10.6. The van der Waals surface area contributed by atoms with Crippen LogP contribution in [-0.4, -0.2) is 0 Å². The highest BCUT2D eigenvalue weighted by molar-refractivity contribution is 6.35. The van der Waals surface area contributed by atoms with Gasteiger partial charge in [-0.05, 0) is 18.2 Å². The van der Waals surface area contributed by atoms with Crippen LogP contribution in [0.15, 0.2) is 28.9 Å². The zero-order chi connectivity index (χ0) is 7.84. The molecule has 0 amide bonds. The van der Waals surface area contributed by atoms with E-state index < -0.39 is 0 Å². The molecule has 0 spiro atoms. The van der Waals surface area contributed by atoms with Gasteiger partial charge in [-0.15, -0.1) is 0 Å². The average molecular weight is 168 g/mol. The Hall–Kier alpha value is -1.15. The molecule has 0 aliphatic carbocycles. The smallest absolute Gasteiger partial charge is 0.158 e. The van der Waals surface area contributed by atoms with Crippen LogP contribution in [0.4, 0.5) is 5.69 Å². The van der Waals surface area contributed by atoms with E-state index in [-0.39, 0.29) is 0 Å². The van der Waals surface area contributed by atoms with Gasteiger partial charge in [0.15, 0.2) is 5.58 Å². The van der Waals surface area contributed by atoms with E-state index in [0.29, 0.717) is 16.3 Å². The zero-order valence-corrected chi connectivity index (χ0v) is 6.43. The topological polar surface area (TPSA) is 39.2 Å². The van der Waals surface area contributed by atoms with Crippen molar-refractivity contribution in [1.29, 1.82) is 0 Å². The Morgan fingerprint density at radius 3 is 2.82 bits per heavy atom. The number of rotatable bonds is 0. The predicted molar refractivity (Wildman–Crippen MR) is 45.6 cm³/mol. The molecule has 0 radical (unpaired) electrons. The van der Waals surface area contributed by atoms with Crippen LogP contribution in [0.1, 0.15) is 0 Å². The summed E-state index contributed by atoms with van der Waals surface area (Å²) in [6.45, 7) is 0. The van der Waals surface area contributed by atoms with Crippen LogP contribution in [0.5, 0.6) is 0 Å². The fourth-order valence-electron chi connectivity index (χ4n) is 1.05. The van der Waals surface area contributed by atoms with Gasteiger partial charge in [0.2, 0.25) is 0 Å². The molecule has 11 heavy (non-hydrogen) atoms. The molecule has 0 unspecified atom stereocenters. The molecule has 1 heterocycles. The summed E-state index contributed by atoms with van der Waals surface area (Å²) in [4.78, 5) is 0. The van der Waals surface area contributed by atoms with Crippen molar-refractivity contribution >= 4 is 28.3 Å². The van der Waals surface area contributed by atoms with E-state index in [2.05, 4.69) is 0 Å². The van der Waals surface area contributed by atoms with E-state index in [1.165, 1.54) is 0 Å². The molecule has 0 saturated heterocycles. The SMILES string of the molecule is Nc1ccc(Cl)c2ccoc12. The molecule has 2 nitrogen and oxygen atoms in total. The Balaban J connectivity index is 2.96. The Morgan fingerprint density at radius 1 is 1.27 bits per heavy atom. The number of hydrogen-bond donors (Lipinski definition) is 1. The van der Waals surface area contributed by atoms with Gasteiger partial charge in [-0.1, -0.05) is 11.6 Å². The van der Waals surface area contributed by atoms with Crippen molar-refractivity contribution in [3.05, 3.63) is 29.5 Å². The van der Waals surface area contributed by atoms with Gasteiger partial charge >= 0.3 is 0 Å². The van der Waals surface area contributed by atoms with Gasteiger partial charge in [0.05, 0.1) is 17.0 Å². The van der Waals surface area contributed by atoms with Crippen molar-refractivity contribution in [3.63, 3.8) is 0 Å². The van der Waals surface area contributed by atoms with Gasteiger partial charge in [-0.25, -0.2) is 0 Å². The Kier molecular flexibility index (Phi) is 1.29. The summed E-state index contributed by atoms with van der Waals surface area (Å²) in [6, 6.07) is 5.29. The van der Waals surface area contributed by atoms with Crippen LogP contribution in [0.25, 0.3) is 11.0 Å². The minimum atomic E-state index is 0.620. The first-order chi connectivity index (χ1) is 5.29. The number of benzene rings is 1. The lowest BCUT2D eigenvalue weighted by molar-refractivity contribution is 0.617. The molecular weight excluding hydrogens is 162 g/mol. The van der Waals surface area contributed by atoms with E-state index >= 15 is 0 Å². The maximum absolute atomic E-state index is 5.85. The molecule has 0 bridgehead atoms. The third-order valence-corrected chi connectivity index (χ3v) is 1.92. The number of nitrogens with two attached hydrogens (primary N) is 1. The minimum absolute atomic E-state index is 0.620. The first kappa shape index (κ1) is 6.55. The first-order valence-electron chi connectivity index (χ1n) is 3.20. The van der Waals surface area contributed by atoms with Crippen molar-refractivity contribution in [1.82, 2.24) is 0 Å². The van der Waals surface area contributed by atoms with E-state index in [4.69, 9.17) is 21.8 Å². The second-order valence-corrected chi connectivity index (χ2v) is 2.71. The van der Waals surface area contributed by atoms with Gasteiger partial charge in [-0.2, -0.15) is 0 Å². The maximum atomic E-state index is 5.85. The molecule has 1 aromatic carbocycles. The van der Waals surface area contributed by atoms with Crippen molar-refractivity contribution in [2.45, 2.75) is 0 Å². The predicted octanol–water partition coefficient (Wildman–Crippen LogP) is 2.67. The zero-order valence-electron chi connectivity index (χ0n) is 5.67. The Bertz CT molecular complexity index is 358. The summed E-state index contributed by atoms with van der Waals surface area (Å²) in [6.07, 6.45) is 1.58. The largest absolute Gasteiger partial charge is 0.462 e. The van der Waals surface area contributed by atoms with Gasteiger partial charge in [-0.3, -0.25) is 0 Å². The lowest BCUT2D eigenvalue weighted by atomic mass is 10.2. The summed E-state index contributed by atoms with van der Waals surface area (Å²) in [5, 5.41) is 1.54. The Morgan fingerprint density at radius 2 is 2.09 bits per heavy atom. The number of fused-ring (bicyclic) bond motifs is 1. The summed E-state index contributed by atoms with van der Waals surface area (Å²) < 4.78 is 5.12. The maximum Gasteiger partial charge on any atom is 0.158 e. The highest BCUT2D eigenvalue weighted by atomic mass is 35.5. The molecule has 56 valence electrons. The third kappa shape index (κ3) is 0.870. The molecule has 0 aliphatic heterocycles. The van der Waals surface area contributed by atoms with Crippen LogP contribution in [-0.2, 0) is 0 Å². The van der Waals surface area contributed by atoms with Crippen LogP contribution in [0.2, 0.25) is 5.02 Å². The van der Waals surface area contributed by atoms with E-state index in [9.17, 15) is 0 Å². The second-order valence-electron chi connectivity index (χ2n) is 2.30. The molecule has 0 atom stereocenters. The quantitative estimate of drug-likeness (QED) is 0.613. The van der Waals surface area contributed by atoms with E-state index in [0.717, 1.165) is 5.39 Å². The standard InChI is InChI=1S/C8H6ClNO/c9-6-1-2-7(10)8-5(6)3-4-11-8/h1-4H,10H2. The van der Waals surface area contributed by atoms with Gasteiger partial charge in [0, 0.05) is 5.39 Å². The van der Waals surface area contributed by atoms with E-state index in [1.54, 1.807) is 24.5 Å². The van der Waals surface area contributed by atoms with Crippen molar-refractivity contribution in [2.75, 3.05) is 5.73 Å². The number of anilines is 1. The molecule has 2 N–H and O–H groups in total. The fourth-order valence-corrected chi connectivity index (χ4v) is 1.26. The molecule has 0 aliphatic rings. The average Bonchev–Trinajstić information content (AvgIpc) is 2.45. The molecule has 2 rings (SSSR count). The fraction of sp³-hybridized carbons (Fsp3) is 0. The van der Waals surface area contributed by atoms with Crippen LogP contribution >= 0.6 is 11.6 Å². The minimum Gasteiger partial charge on any atom is -0.462 e. The number of hydrogen-bond acceptors (Lipinski definition) is 2. The van der Waals surface area contributed by atoms with Crippen LogP contribution in [0, 0.1) is 0 Å². The molecule has 0 fully saturated rings. The highest BCUT2D eigenvalue weighted by Crippen LogP contribution is 2.28. The lowest BCUT2D eigenvalue weighted by Gasteiger charge is -1.94. The number of halogens is 1. The molecular formula is C8H6ClNO. The van der Waals surface area contributed by atoms with Gasteiger partial charge in [0.1, 0.15) is 0 Å². The summed E-state index contributed by atoms with van der Waals surface area (Å²) in [5.74, 6) is 0. The number of furan rings is 1. The first-order valence-corrected chi connectivity index (χ1v) is 3.58. The molecule has 2 aromatic rings. The third-order valence-electron chi connectivity index (χ3n) is 1.59. The number of nitrogen functional groups attached to an aromatic ring is 1. The van der Waals surface area contributed by atoms with Crippen molar-refractivity contribution in [2.24, 2.45) is 0 Å². The monoisotopic (exact) mass is 167 g/mol. The summed E-state index contributed by atoms with van der Waals surface area (Å²) in [7, 11) is 0. The van der Waals surface area contributed by atoms with Crippen molar-refractivity contribution in [3.8, 4) is 0 Å².